The Kier molecular flexibility index (Phi) is 52.5. The van der Waals surface area contributed by atoms with E-state index in [0.29, 0.717) is 71.2 Å². The number of amides is 2. The Hall–Kier alpha value is -6.28. The summed E-state index contributed by atoms with van der Waals surface area (Å²) in [5, 5.41) is 38.9. The number of thioether (sulfide) groups is 2. The van der Waals surface area contributed by atoms with Gasteiger partial charge in [-0.2, -0.15) is 0 Å². The van der Waals surface area contributed by atoms with Crippen molar-refractivity contribution in [1.82, 2.24) is 21.3 Å². The number of nitrogens with zero attached hydrogens (tertiary/aromatic N) is 1. The average Bonchev–Trinajstić information content (AvgIpc) is 1.09. The van der Waals surface area contributed by atoms with E-state index in [4.69, 9.17) is 11.5 Å². The van der Waals surface area contributed by atoms with Crippen LogP contribution in [0.5, 0.6) is 0 Å². The van der Waals surface area contributed by atoms with Crippen molar-refractivity contribution in [2.75, 3.05) is 28.9 Å². The summed E-state index contributed by atoms with van der Waals surface area (Å²) in [5.41, 5.74) is 19.3. The van der Waals surface area contributed by atoms with Gasteiger partial charge in [0.2, 0.25) is 0 Å². The highest BCUT2D eigenvalue weighted by Crippen LogP contribution is 2.20. The van der Waals surface area contributed by atoms with Crippen molar-refractivity contribution in [2.45, 2.75) is 200 Å². The smallest absolute Gasteiger partial charge is 0.320 e. The number of carbonyl (C=O) groups excluding carboxylic acids is 2. The third kappa shape index (κ3) is 38.7. The quantitative estimate of drug-likeness (QED) is 0.0112. The summed E-state index contributed by atoms with van der Waals surface area (Å²) in [4.78, 5) is 48.1. The summed E-state index contributed by atoms with van der Waals surface area (Å²) in [7, 11) is 0. The molecule has 0 fully saturated rings. The minimum absolute atomic E-state index is 0. The van der Waals surface area contributed by atoms with Crippen LogP contribution in [0.25, 0.3) is 0 Å². The maximum absolute atomic E-state index is 12.3. The van der Waals surface area contributed by atoms with E-state index >= 15 is 0 Å². The molecule has 15 nitrogen and oxygen atoms in total. The van der Waals surface area contributed by atoms with Crippen molar-refractivity contribution in [2.24, 2.45) is 35.3 Å². The molecule has 0 saturated heterocycles. The summed E-state index contributed by atoms with van der Waals surface area (Å²) in [6.07, 6.45) is 4.01. The van der Waals surface area contributed by atoms with E-state index in [1.165, 1.54) is 23.3 Å². The molecule has 0 aliphatic rings. The first-order chi connectivity index (χ1) is 40.6. The van der Waals surface area contributed by atoms with Crippen molar-refractivity contribution in [3.8, 4) is 0 Å². The molecule has 0 radical (unpaired) electrons. The normalized spacial score (nSPS) is 11.8. The van der Waals surface area contributed by atoms with Crippen LogP contribution in [0.3, 0.4) is 0 Å². The highest BCUT2D eigenvalue weighted by molar-refractivity contribution is 7.98. The van der Waals surface area contributed by atoms with Crippen LogP contribution in [0, 0.1) is 39.7 Å². The standard InChI is InChI=1S/C20H24N2O3S.C20H26N2OS.C12H18N2O2.C12H20N2.C5H13N.5CH4.ClH/c1-13(2)18(20(24)25)21-12-14-4-8-16(9-5-14)22-19(23)15-6-10-17(26-3)11-7-15;1-14(2)15(3)21-13-16-5-9-18(10-6-16)22-20(23)17-7-11-19(24-4)12-8-17;1-9(2)10(3)13-8-11-4-6-12(7-5-11)14(15)16;1-9(2)10(3)14-8-11-4-6-12(13)7-5-11;1-4(2)5(3)6;;;;;;/h4-11,13,18,21H,12H2,1-3H3,(H,22,23)(H,24,25);5-12,14-15,21H,13H2,1-4H3,(H,22,23);4-7,9-10,13H,8H2,1-3H3;4-7,9-10,14H,8,13H2,1-3H3;4-5H,6H2,1-3H3;5*1H4;1H/t18-;15-;2*10-;5-;;;;;;/m10000....../s1. The van der Waals surface area contributed by atoms with Crippen LogP contribution in [0.15, 0.2) is 155 Å². The molecular formula is C74H122ClN9O6S2. The molecule has 11 N–H and O–H groups in total. The third-order valence-electron chi connectivity index (χ3n) is 14.6. The molecular weight excluding hydrogens is 1210 g/mol. The fourth-order valence-electron chi connectivity index (χ4n) is 7.05. The van der Waals surface area contributed by atoms with E-state index in [0.717, 1.165) is 51.9 Å². The lowest BCUT2D eigenvalue weighted by Gasteiger charge is -2.18. The number of anilines is 3. The van der Waals surface area contributed by atoms with E-state index in [-0.39, 0.29) is 77.9 Å². The van der Waals surface area contributed by atoms with Gasteiger partial charge in [-0.1, -0.05) is 155 Å². The highest BCUT2D eigenvalue weighted by atomic mass is 35.5. The van der Waals surface area contributed by atoms with Crippen molar-refractivity contribution in [3.05, 3.63) is 189 Å². The van der Waals surface area contributed by atoms with Gasteiger partial charge in [-0.3, -0.25) is 24.5 Å². The van der Waals surface area contributed by atoms with Crippen LogP contribution in [0.4, 0.5) is 22.7 Å². The summed E-state index contributed by atoms with van der Waals surface area (Å²) in [5.74, 6) is 1.41. The zero-order valence-electron chi connectivity index (χ0n) is 54.3. The van der Waals surface area contributed by atoms with Gasteiger partial charge in [0.15, 0.2) is 0 Å². The average molecular weight is 1330 g/mol. The molecule has 0 saturated carbocycles. The fourth-order valence-corrected chi connectivity index (χ4v) is 7.87. The predicted molar refractivity (Wildman–Crippen MR) is 405 cm³/mol. The second-order valence-corrected chi connectivity index (χ2v) is 25.0. The molecule has 6 aromatic rings. The van der Waals surface area contributed by atoms with Gasteiger partial charge in [-0.15, -0.1) is 35.9 Å². The van der Waals surface area contributed by atoms with Gasteiger partial charge in [0.25, 0.3) is 17.5 Å². The lowest BCUT2D eigenvalue weighted by atomic mass is 10.0. The number of hydrogen-bond donors (Lipinski definition) is 9. The van der Waals surface area contributed by atoms with Gasteiger partial charge < -0.3 is 48.5 Å². The minimum atomic E-state index is -0.851. The lowest BCUT2D eigenvalue weighted by Crippen LogP contribution is -2.40. The van der Waals surface area contributed by atoms with E-state index in [2.05, 4.69) is 120 Å². The first-order valence-electron chi connectivity index (χ1n) is 29.7. The van der Waals surface area contributed by atoms with Crippen LogP contribution in [-0.2, 0) is 31.0 Å². The largest absolute Gasteiger partial charge is 0.480 e. The molecule has 0 spiro atoms. The molecule has 5 atom stereocenters. The number of nitrogen functional groups attached to an aromatic ring is 1. The number of nitrogens with two attached hydrogens (primary N) is 2. The Bertz CT molecular complexity index is 2850. The maximum atomic E-state index is 12.3. The number of halogens is 1. The molecule has 0 bridgehead atoms. The van der Waals surface area contributed by atoms with Gasteiger partial charge in [-0.25, -0.2) is 0 Å². The number of nitro benzene ring substituents is 1. The Labute approximate surface area is 572 Å². The molecule has 0 aliphatic carbocycles. The Morgan fingerprint density at radius 3 is 0.957 bits per heavy atom. The predicted octanol–water partition coefficient (Wildman–Crippen LogP) is 18.4. The highest BCUT2D eigenvalue weighted by Gasteiger charge is 2.20. The van der Waals surface area contributed by atoms with Gasteiger partial charge in [0.1, 0.15) is 6.04 Å². The number of hydrogen-bond acceptors (Lipinski definition) is 13. The Balaban J connectivity index is -0.000000355. The molecule has 6 aromatic carbocycles. The number of aliphatic carboxylic acids is 1. The molecule has 518 valence electrons. The number of non-ortho nitro benzene ring substituents is 1. The summed E-state index contributed by atoms with van der Waals surface area (Å²) in [6, 6.07) is 46.4. The van der Waals surface area contributed by atoms with E-state index in [1.54, 1.807) is 47.8 Å². The molecule has 2 amide bonds. The maximum Gasteiger partial charge on any atom is 0.320 e. The molecule has 18 heteroatoms. The number of benzene rings is 6. The monoisotopic (exact) mass is 1330 g/mol. The van der Waals surface area contributed by atoms with Crippen LogP contribution < -0.4 is 43.4 Å². The first kappa shape index (κ1) is 94.4. The summed E-state index contributed by atoms with van der Waals surface area (Å²) >= 11 is 3.30. The molecule has 0 unspecified atom stereocenters. The van der Waals surface area contributed by atoms with E-state index in [1.807, 2.05) is 130 Å². The Morgan fingerprint density at radius 1 is 0.446 bits per heavy atom. The van der Waals surface area contributed by atoms with Gasteiger partial charge in [0.05, 0.1) is 4.92 Å². The number of carboxylic acids is 1. The number of nitrogens with one attached hydrogen (secondary N) is 6. The molecule has 0 aromatic heterocycles. The fraction of sp³-hybridized carbons (Fsp3) is 0.473. The van der Waals surface area contributed by atoms with Crippen LogP contribution in [-0.4, -0.2) is 70.5 Å². The summed E-state index contributed by atoms with van der Waals surface area (Å²) in [6.45, 7) is 32.7. The second kappa shape index (κ2) is 51.2. The lowest BCUT2D eigenvalue weighted by molar-refractivity contribution is -0.384. The zero-order valence-corrected chi connectivity index (χ0v) is 56.7. The number of carboxylic acid groups (broad SMARTS) is 1. The van der Waals surface area contributed by atoms with E-state index in [9.17, 15) is 29.6 Å². The number of nitro groups is 1. The van der Waals surface area contributed by atoms with Crippen LogP contribution in [0.1, 0.15) is 177 Å². The number of carbonyl (C=O) groups is 3. The second-order valence-electron chi connectivity index (χ2n) is 23.2. The van der Waals surface area contributed by atoms with Crippen molar-refractivity contribution in [3.63, 3.8) is 0 Å². The minimum Gasteiger partial charge on any atom is -0.480 e. The molecule has 0 heterocycles. The van der Waals surface area contributed by atoms with Crippen LogP contribution >= 0.6 is 35.9 Å². The van der Waals surface area contributed by atoms with Gasteiger partial charge in [-0.05, 0) is 177 Å². The number of rotatable bonds is 25. The SMILES string of the molecule is C.C.C.C.C.CC(C)[C@H](C)N.CC(C)[C@H](C)NCc1ccc(N)cc1.CC(C)[C@H](C)NCc1ccc([N+](=O)[O-])cc1.CSc1ccc(C(=O)Nc2ccc(CN[C@@H](C(=O)O)C(C)C)cc2)cc1.CSc1ccc(C(=O)Nc2ccc(CN[C@@H](C)C(C)C)cc2)cc1.Cl. The van der Waals surface area contributed by atoms with Crippen LogP contribution in [0.2, 0.25) is 0 Å². The summed E-state index contributed by atoms with van der Waals surface area (Å²) < 4.78 is 0. The van der Waals surface area contributed by atoms with Crippen molar-refractivity contribution >= 4 is 76.5 Å². The zero-order chi connectivity index (χ0) is 64.5. The van der Waals surface area contributed by atoms with Gasteiger partial charge >= 0.3 is 5.97 Å². The topological polar surface area (TPSA) is 239 Å². The van der Waals surface area contributed by atoms with Crippen molar-refractivity contribution in [1.29, 1.82) is 0 Å². The third-order valence-corrected chi connectivity index (χ3v) is 16.1. The van der Waals surface area contributed by atoms with E-state index < -0.39 is 12.0 Å². The van der Waals surface area contributed by atoms with Gasteiger partial charge in [0, 0.05) is 100 Å². The first-order valence-corrected chi connectivity index (χ1v) is 32.2. The molecule has 92 heavy (non-hydrogen) atoms. The molecule has 0 aliphatic heterocycles. The molecule has 6 rings (SSSR count). The van der Waals surface area contributed by atoms with Crippen molar-refractivity contribution < 1.29 is 24.4 Å². The Morgan fingerprint density at radius 2 is 0.717 bits per heavy atom.